The zero-order valence-electron chi connectivity index (χ0n) is 14.2. The highest BCUT2D eigenvalue weighted by molar-refractivity contribution is 5.62. The molecule has 0 saturated heterocycles. The molecule has 2 N–H and O–H groups in total. The summed E-state index contributed by atoms with van der Waals surface area (Å²) in [7, 11) is 5.53. The average molecular weight is 306 g/mol. The predicted octanol–water partition coefficient (Wildman–Crippen LogP) is 3.48. The van der Waals surface area contributed by atoms with Crippen LogP contribution in [0.4, 0.5) is 5.69 Å². The molecule has 2 rings (SSSR count). The Morgan fingerprint density at radius 3 is 2.50 bits per heavy atom. The lowest BCUT2D eigenvalue weighted by Crippen LogP contribution is -2.34. The lowest BCUT2D eigenvalue weighted by atomic mass is 9.94. The molecule has 1 fully saturated rings. The van der Waals surface area contributed by atoms with Gasteiger partial charge in [0.25, 0.3) is 0 Å². The monoisotopic (exact) mass is 306 g/mol. The predicted molar refractivity (Wildman–Crippen MR) is 91.8 cm³/mol. The molecule has 0 radical (unpaired) electrons. The maximum absolute atomic E-state index is 6.04. The second kappa shape index (κ2) is 8.28. The minimum atomic E-state index is 0.630. The van der Waals surface area contributed by atoms with E-state index in [0.29, 0.717) is 11.4 Å². The summed E-state index contributed by atoms with van der Waals surface area (Å²) in [6.07, 6.45) is 9.07. The molecule has 1 aromatic rings. The van der Waals surface area contributed by atoms with Crippen LogP contribution >= 0.6 is 0 Å². The molecule has 0 spiro atoms. The SMILES string of the molecule is COc1cc(CCCN(C)C2CCCCC2)cc(N)c1OC. The largest absolute Gasteiger partial charge is 0.493 e. The molecule has 4 nitrogen and oxygen atoms in total. The van der Waals surface area contributed by atoms with E-state index in [2.05, 4.69) is 11.9 Å². The summed E-state index contributed by atoms with van der Waals surface area (Å²) >= 11 is 0. The number of hydrogen-bond acceptors (Lipinski definition) is 4. The molecule has 1 saturated carbocycles. The van der Waals surface area contributed by atoms with E-state index >= 15 is 0 Å². The summed E-state index contributed by atoms with van der Waals surface area (Å²) in [6.45, 7) is 1.14. The molecular weight excluding hydrogens is 276 g/mol. The van der Waals surface area contributed by atoms with Gasteiger partial charge in [-0.1, -0.05) is 19.3 Å². The van der Waals surface area contributed by atoms with Crippen LogP contribution in [0.3, 0.4) is 0 Å². The number of benzene rings is 1. The van der Waals surface area contributed by atoms with Crippen molar-refractivity contribution in [3.63, 3.8) is 0 Å². The van der Waals surface area contributed by atoms with E-state index in [1.165, 1.54) is 37.7 Å². The first kappa shape index (κ1) is 16.9. The van der Waals surface area contributed by atoms with Gasteiger partial charge in [0, 0.05) is 6.04 Å². The van der Waals surface area contributed by atoms with Crippen molar-refractivity contribution in [2.75, 3.05) is 33.5 Å². The fourth-order valence-corrected chi connectivity index (χ4v) is 3.43. The lowest BCUT2D eigenvalue weighted by Gasteiger charge is -2.31. The highest BCUT2D eigenvalue weighted by Crippen LogP contribution is 2.34. The maximum atomic E-state index is 6.04. The van der Waals surface area contributed by atoms with Gasteiger partial charge in [-0.2, -0.15) is 0 Å². The highest BCUT2D eigenvalue weighted by Gasteiger charge is 2.17. The molecule has 1 aliphatic carbocycles. The van der Waals surface area contributed by atoms with Crippen LogP contribution in [0.25, 0.3) is 0 Å². The molecular formula is C18H30N2O2. The second-order valence-corrected chi connectivity index (χ2v) is 6.30. The second-order valence-electron chi connectivity index (χ2n) is 6.30. The number of nitrogens with two attached hydrogens (primary N) is 1. The molecule has 1 aliphatic rings. The van der Waals surface area contributed by atoms with Crippen molar-refractivity contribution in [3.8, 4) is 11.5 Å². The number of nitrogens with zero attached hydrogens (tertiary/aromatic N) is 1. The van der Waals surface area contributed by atoms with Crippen LogP contribution in [0.5, 0.6) is 11.5 Å². The summed E-state index contributed by atoms with van der Waals surface area (Å²) in [5.74, 6) is 1.35. The number of methoxy groups -OCH3 is 2. The summed E-state index contributed by atoms with van der Waals surface area (Å²) in [5, 5.41) is 0. The van der Waals surface area contributed by atoms with Gasteiger partial charge in [0.05, 0.1) is 19.9 Å². The van der Waals surface area contributed by atoms with Crippen molar-refractivity contribution in [1.82, 2.24) is 4.90 Å². The fraction of sp³-hybridized carbons (Fsp3) is 0.667. The zero-order chi connectivity index (χ0) is 15.9. The van der Waals surface area contributed by atoms with E-state index in [1.807, 2.05) is 12.1 Å². The van der Waals surface area contributed by atoms with Crippen LogP contribution in [0.1, 0.15) is 44.1 Å². The normalized spacial score (nSPS) is 16.0. The molecule has 124 valence electrons. The number of nitrogen functional groups attached to an aromatic ring is 1. The summed E-state index contributed by atoms with van der Waals surface area (Å²) in [6, 6.07) is 4.82. The number of anilines is 1. The van der Waals surface area contributed by atoms with E-state index in [1.54, 1.807) is 14.2 Å². The molecule has 0 bridgehead atoms. The summed E-state index contributed by atoms with van der Waals surface area (Å²) in [5.41, 5.74) is 7.91. The third-order valence-electron chi connectivity index (χ3n) is 4.74. The standard InChI is InChI=1S/C18H30N2O2/c1-20(15-9-5-4-6-10-15)11-7-8-14-12-16(19)18(22-3)17(13-14)21-2/h12-13,15H,4-11,19H2,1-3H3. The van der Waals surface area contributed by atoms with Crippen LogP contribution in [0.2, 0.25) is 0 Å². The molecule has 0 unspecified atom stereocenters. The van der Waals surface area contributed by atoms with Gasteiger partial charge < -0.3 is 20.1 Å². The van der Waals surface area contributed by atoms with Crippen LogP contribution in [0, 0.1) is 0 Å². The van der Waals surface area contributed by atoms with Crippen molar-refractivity contribution in [3.05, 3.63) is 17.7 Å². The highest BCUT2D eigenvalue weighted by atomic mass is 16.5. The lowest BCUT2D eigenvalue weighted by molar-refractivity contribution is 0.190. The zero-order valence-corrected chi connectivity index (χ0v) is 14.2. The number of ether oxygens (including phenoxy) is 2. The Hall–Kier alpha value is -1.42. The third-order valence-corrected chi connectivity index (χ3v) is 4.74. The molecule has 0 aromatic heterocycles. The molecule has 4 heteroatoms. The summed E-state index contributed by atoms with van der Waals surface area (Å²) in [4.78, 5) is 2.53. The van der Waals surface area contributed by atoms with Gasteiger partial charge in [0.1, 0.15) is 0 Å². The van der Waals surface area contributed by atoms with Gasteiger partial charge in [0.15, 0.2) is 11.5 Å². The average Bonchev–Trinajstić information content (AvgIpc) is 2.55. The van der Waals surface area contributed by atoms with Gasteiger partial charge >= 0.3 is 0 Å². The van der Waals surface area contributed by atoms with Crippen LogP contribution in [-0.4, -0.2) is 38.8 Å². The van der Waals surface area contributed by atoms with E-state index in [-0.39, 0.29) is 0 Å². The number of aryl methyl sites for hydroxylation is 1. The third kappa shape index (κ3) is 4.29. The number of hydrogen-bond donors (Lipinski definition) is 1. The van der Waals surface area contributed by atoms with Gasteiger partial charge in [-0.15, -0.1) is 0 Å². The molecule has 0 heterocycles. The van der Waals surface area contributed by atoms with Gasteiger partial charge in [-0.25, -0.2) is 0 Å². The van der Waals surface area contributed by atoms with Gasteiger partial charge in [-0.05, 0) is 57.0 Å². The van der Waals surface area contributed by atoms with Crippen LogP contribution < -0.4 is 15.2 Å². The van der Waals surface area contributed by atoms with Crippen LogP contribution in [-0.2, 0) is 6.42 Å². The molecule has 22 heavy (non-hydrogen) atoms. The van der Waals surface area contributed by atoms with Crippen molar-refractivity contribution >= 4 is 5.69 Å². The minimum Gasteiger partial charge on any atom is -0.493 e. The van der Waals surface area contributed by atoms with Crippen LogP contribution in [0.15, 0.2) is 12.1 Å². The van der Waals surface area contributed by atoms with E-state index < -0.39 is 0 Å². The quantitative estimate of drug-likeness (QED) is 0.783. The fourth-order valence-electron chi connectivity index (χ4n) is 3.43. The first-order valence-electron chi connectivity index (χ1n) is 8.36. The van der Waals surface area contributed by atoms with E-state index in [4.69, 9.17) is 15.2 Å². The van der Waals surface area contributed by atoms with Crippen molar-refractivity contribution in [1.29, 1.82) is 0 Å². The van der Waals surface area contributed by atoms with Crippen molar-refractivity contribution < 1.29 is 9.47 Å². The van der Waals surface area contributed by atoms with Gasteiger partial charge in [0.2, 0.25) is 0 Å². The Morgan fingerprint density at radius 1 is 1.14 bits per heavy atom. The Bertz CT molecular complexity index is 470. The van der Waals surface area contributed by atoms with Gasteiger partial charge in [-0.3, -0.25) is 0 Å². The Kier molecular flexibility index (Phi) is 6.37. The first-order valence-corrected chi connectivity index (χ1v) is 8.36. The minimum absolute atomic E-state index is 0.630. The number of rotatable bonds is 7. The Labute approximate surface area is 134 Å². The Morgan fingerprint density at radius 2 is 1.86 bits per heavy atom. The first-order chi connectivity index (χ1) is 10.7. The maximum Gasteiger partial charge on any atom is 0.183 e. The van der Waals surface area contributed by atoms with E-state index in [9.17, 15) is 0 Å². The van der Waals surface area contributed by atoms with Crippen molar-refractivity contribution in [2.24, 2.45) is 0 Å². The molecule has 0 amide bonds. The topological polar surface area (TPSA) is 47.7 Å². The smallest absolute Gasteiger partial charge is 0.183 e. The molecule has 1 aromatic carbocycles. The Balaban J connectivity index is 1.87. The molecule has 0 aliphatic heterocycles. The summed E-state index contributed by atoms with van der Waals surface area (Å²) < 4.78 is 10.7. The molecule has 0 atom stereocenters. The van der Waals surface area contributed by atoms with Crippen molar-refractivity contribution in [2.45, 2.75) is 51.0 Å². The van der Waals surface area contributed by atoms with E-state index in [0.717, 1.165) is 31.2 Å².